The molecule has 3 aromatic rings. The van der Waals surface area contributed by atoms with Crippen molar-refractivity contribution in [3.8, 4) is 5.75 Å². The summed E-state index contributed by atoms with van der Waals surface area (Å²) < 4.78 is 0. The molecule has 0 aliphatic carbocycles. The number of nitrogens with two attached hydrogens (primary N) is 1. The summed E-state index contributed by atoms with van der Waals surface area (Å²) in [7, 11) is 0. The number of carbonyl (C=O) groups excluding carboxylic acids is 2. The Bertz CT molecular complexity index is 970. The second-order valence-electron chi connectivity index (χ2n) is 6.04. The predicted molar refractivity (Wildman–Crippen MR) is 106 cm³/mol. The number of carbonyl (C=O) groups is 2. The van der Waals surface area contributed by atoms with Gasteiger partial charge in [0.15, 0.2) is 0 Å². The third kappa shape index (κ3) is 4.07. The van der Waals surface area contributed by atoms with E-state index in [0.717, 1.165) is 5.56 Å². The molecule has 3 aromatic carbocycles. The fraction of sp³-hybridized carbons (Fsp3) is 0.0476. The van der Waals surface area contributed by atoms with Crippen molar-refractivity contribution in [2.45, 2.75) is 6.92 Å². The summed E-state index contributed by atoms with van der Waals surface area (Å²) in [5.41, 5.74) is 8.34. The van der Waals surface area contributed by atoms with Gasteiger partial charge in [-0.3, -0.25) is 14.5 Å². The van der Waals surface area contributed by atoms with Gasteiger partial charge in [0, 0.05) is 17.1 Å². The number of nitrogens with one attached hydrogen (secondary N) is 1. The second-order valence-corrected chi connectivity index (χ2v) is 6.04. The highest BCUT2D eigenvalue weighted by molar-refractivity contribution is 6.45. The Morgan fingerprint density at radius 3 is 2.22 bits per heavy atom. The summed E-state index contributed by atoms with van der Waals surface area (Å²) in [4.78, 5) is 26.8. The molecule has 6 heteroatoms. The van der Waals surface area contributed by atoms with Crippen LogP contribution in [0.4, 0.5) is 22.7 Å². The lowest BCUT2D eigenvalue weighted by Gasteiger charge is -2.22. The van der Waals surface area contributed by atoms with Crippen LogP contribution in [0.3, 0.4) is 0 Å². The molecule has 0 aliphatic rings. The summed E-state index contributed by atoms with van der Waals surface area (Å²) in [6.07, 6.45) is 0. The van der Waals surface area contributed by atoms with Gasteiger partial charge in [0.2, 0.25) is 0 Å². The van der Waals surface area contributed by atoms with Crippen LogP contribution < -0.4 is 16.0 Å². The Labute approximate surface area is 156 Å². The van der Waals surface area contributed by atoms with Gasteiger partial charge in [-0.2, -0.15) is 0 Å². The molecule has 0 saturated carbocycles. The lowest BCUT2D eigenvalue weighted by Crippen LogP contribution is -2.36. The van der Waals surface area contributed by atoms with Crippen molar-refractivity contribution in [2.75, 3.05) is 16.0 Å². The van der Waals surface area contributed by atoms with Crippen molar-refractivity contribution in [1.29, 1.82) is 0 Å². The van der Waals surface area contributed by atoms with E-state index >= 15 is 0 Å². The lowest BCUT2D eigenvalue weighted by molar-refractivity contribution is -0.134. The summed E-state index contributed by atoms with van der Waals surface area (Å²) in [6.45, 7) is 1.82. The first-order chi connectivity index (χ1) is 13.0. The highest BCUT2D eigenvalue weighted by Crippen LogP contribution is 2.28. The number of anilines is 4. The van der Waals surface area contributed by atoms with E-state index in [2.05, 4.69) is 5.32 Å². The maximum atomic E-state index is 12.9. The molecule has 0 fully saturated rings. The van der Waals surface area contributed by atoms with E-state index in [4.69, 9.17) is 5.73 Å². The molecule has 3 rings (SSSR count). The minimum atomic E-state index is -0.864. The van der Waals surface area contributed by atoms with Crippen molar-refractivity contribution < 1.29 is 14.7 Å². The Morgan fingerprint density at radius 2 is 1.56 bits per heavy atom. The summed E-state index contributed by atoms with van der Waals surface area (Å²) in [5, 5.41) is 12.4. The first kappa shape index (κ1) is 18.0. The number of aromatic hydroxyl groups is 1. The van der Waals surface area contributed by atoms with Gasteiger partial charge >= 0.3 is 11.8 Å². The van der Waals surface area contributed by atoms with Gasteiger partial charge in [-0.05, 0) is 61.0 Å². The first-order valence-electron chi connectivity index (χ1n) is 8.31. The van der Waals surface area contributed by atoms with Gasteiger partial charge in [-0.15, -0.1) is 0 Å². The fourth-order valence-electron chi connectivity index (χ4n) is 2.61. The Hall–Kier alpha value is -3.80. The number of hydrogen-bond acceptors (Lipinski definition) is 4. The highest BCUT2D eigenvalue weighted by atomic mass is 16.3. The topological polar surface area (TPSA) is 95.7 Å². The number of hydrogen-bond donors (Lipinski definition) is 3. The Kier molecular flexibility index (Phi) is 5.08. The number of rotatable bonds is 3. The van der Waals surface area contributed by atoms with Crippen LogP contribution >= 0.6 is 0 Å². The zero-order chi connectivity index (χ0) is 19.4. The molecule has 0 aromatic heterocycles. The number of nitrogen functional groups attached to an aromatic ring is 1. The van der Waals surface area contributed by atoms with Crippen LogP contribution in [0.25, 0.3) is 0 Å². The molecule has 0 unspecified atom stereocenters. The van der Waals surface area contributed by atoms with Crippen LogP contribution in [0.1, 0.15) is 5.56 Å². The molecule has 0 heterocycles. The average molecular weight is 361 g/mol. The van der Waals surface area contributed by atoms with Gasteiger partial charge in [0.25, 0.3) is 0 Å². The number of phenolic OH excluding ortho intramolecular Hbond substituents is 1. The monoisotopic (exact) mass is 361 g/mol. The molecule has 0 radical (unpaired) electrons. The molecular weight excluding hydrogens is 342 g/mol. The Balaban J connectivity index is 1.94. The second kappa shape index (κ2) is 7.61. The van der Waals surface area contributed by atoms with Crippen LogP contribution in [-0.2, 0) is 9.59 Å². The van der Waals surface area contributed by atoms with E-state index in [-0.39, 0.29) is 11.4 Å². The SMILES string of the molecule is Cc1ccc(O)c(NC(=O)C(=O)N(c2ccccc2)c2ccc(N)cc2)c1. The largest absolute Gasteiger partial charge is 0.506 e. The lowest BCUT2D eigenvalue weighted by atomic mass is 10.2. The van der Waals surface area contributed by atoms with Crippen LogP contribution in [0.2, 0.25) is 0 Å². The summed E-state index contributed by atoms with van der Waals surface area (Å²) >= 11 is 0. The predicted octanol–water partition coefficient (Wildman–Crippen LogP) is 3.59. The quantitative estimate of drug-likeness (QED) is 0.377. The summed E-state index contributed by atoms with van der Waals surface area (Å²) in [6, 6.07) is 20.2. The van der Waals surface area contributed by atoms with Gasteiger partial charge in [-0.1, -0.05) is 24.3 Å². The van der Waals surface area contributed by atoms with Gasteiger partial charge in [0.05, 0.1) is 5.69 Å². The number of aryl methyl sites for hydroxylation is 1. The molecule has 0 spiro atoms. The smallest absolute Gasteiger partial charge is 0.321 e. The zero-order valence-corrected chi connectivity index (χ0v) is 14.7. The van der Waals surface area contributed by atoms with Crippen molar-refractivity contribution >= 4 is 34.6 Å². The molecule has 0 atom stereocenters. The van der Waals surface area contributed by atoms with Crippen LogP contribution in [0.15, 0.2) is 72.8 Å². The van der Waals surface area contributed by atoms with E-state index in [1.807, 2.05) is 13.0 Å². The summed E-state index contributed by atoms with van der Waals surface area (Å²) in [5.74, 6) is -1.76. The van der Waals surface area contributed by atoms with E-state index < -0.39 is 11.8 Å². The number of para-hydroxylation sites is 1. The average Bonchev–Trinajstić information content (AvgIpc) is 2.67. The van der Waals surface area contributed by atoms with Crippen LogP contribution in [0, 0.1) is 6.92 Å². The van der Waals surface area contributed by atoms with Crippen molar-refractivity contribution in [3.63, 3.8) is 0 Å². The Morgan fingerprint density at radius 1 is 0.926 bits per heavy atom. The molecular formula is C21H19N3O3. The third-order valence-electron chi connectivity index (χ3n) is 3.96. The van der Waals surface area contributed by atoms with Crippen molar-refractivity contribution in [1.82, 2.24) is 0 Å². The van der Waals surface area contributed by atoms with Gasteiger partial charge < -0.3 is 16.2 Å². The maximum absolute atomic E-state index is 12.9. The molecule has 4 N–H and O–H groups in total. The van der Waals surface area contributed by atoms with Crippen molar-refractivity contribution in [3.05, 3.63) is 78.4 Å². The molecule has 2 amide bonds. The number of benzene rings is 3. The minimum absolute atomic E-state index is 0.111. The minimum Gasteiger partial charge on any atom is -0.506 e. The molecule has 136 valence electrons. The van der Waals surface area contributed by atoms with E-state index in [1.165, 1.54) is 11.0 Å². The van der Waals surface area contributed by atoms with Crippen LogP contribution in [0.5, 0.6) is 5.75 Å². The number of phenols is 1. The fourth-order valence-corrected chi connectivity index (χ4v) is 2.61. The molecule has 27 heavy (non-hydrogen) atoms. The number of amides is 2. The molecule has 0 bridgehead atoms. The molecule has 0 saturated heterocycles. The normalized spacial score (nSPS) is 10.3. The van der Waals surface area contributed by atoms with Gasteiger partial charge in [-0.25, -0.2) is 0 Å². The van der Waals surface area contributed by atoms with Crippen LogP contribution in [-0.4, -0.2) is 16.9 Å². The maximum Gasteiger partial charge on any atom is 0.321 e. The van der Waals surface area contributed by atoms with Gasteiger partial charge in [0.1, 0.15) is 5.75 Å². The van der Waals surface area contributed by atoms with E-state index in [0.29, 0.717) is 17.1 Å². The molecule has 6 nitrogen and oxygen atoms in total. The third-order valence-corrected chi connectivity index (χ3v) is 3.96. The first-order valence-corrected chi connectivity index (χ1v) is 8.31. The van der Waals surface area contributed by atoms with E-state index in [1.54, 1.807) is 60.7 Å². The molecule has 0 aliphatic heterocycles. The van der Waals surface area contributed by atoms with Crippen molar-refractivity contribution in [2.24, 2.45) is 0 Å². The number of nitrogens with zero attached hydrogens (tertiary/aromatic N) is 1. The standard InChI is InChI=1S/C21H19N3O3/c1-14-7-12-19(25)18(13-14)23-20(26)21(27)24(16-5-3-2-4-6-16)17-10-8-15(22)9-11-17/h2-13,25H,22H2,1H3,(H,23,26). The highest BCUT2D eigenvalue weighted by Gasteiger charge is 2.25. The van der Waals surface area contributed by atoms with E-state index in [9.17, 15) is 14.7 Å². The zero-order valence-electron chi connectivity index (χ0n) is 14.7.